The van der Waals surface area contributed by atoms with Crippen LogP contribution in [-0.2, 0) is 4.79 Å². The normalized spacial score (nSPS) is 31.6. The number of carbonyl (C=O) groups is 1. The van der Waals surface area contributed by atoms with Crippen LogP contribution >= 0.6 is 12.4 Å². The first-order chi connectivity index (χ1) is 8.66. The van der Waals surface area contributed by atoms with Crippen LogP contribution in [0.5, 0.6) is 0 Å². The molecule has 0 aromatic rings. The fourth-order valence-corrected chi connectivity index (χ4v) is 3.31. The maximum atomic E-state index is 12.1. The zero-order chi connectivity index (χ0) is 13.0. The van der Waals surface area contributed by atoms with Gasteiger partial charge in [-0.1, -0.05) is 20.3 Å². The Balaban J connectivity index is 0.00000180. The molecule has 0 radical (unpaired) electrons. The number of hydrogen-bond donors (Lipinski definition) is 2. The molecule has 2 rings (SSSR count). The number of nitrogens with one attached hydrogen (secondary N) is 2. The fraction of sp³-hybridized carbons (Fsp3) is 0.933. The van der Waals surface area contributed by atoms with Gasteiger partial charge in [-0.3, -0.25) is 4.79 Å². The molecule has 2 N–H and O–H groups in total. The summed E-state index contributed by atoms with van der Waals surface area (Å²) in [6, 6.07) is 0.498. The molecule has 19 heavy (non-hydrogen) atoms. The third-order valence-electron chi connectivity index (χ3n) is 4.69. The third-order valence-corrected chi connectivity index (χ3v) is 4.69. The molecule has 3 nitrogen and oxygen atoms in total. The number of amides is 1. The van der Waals surface area contributed by atoms with Crippen molar-refractivity contribution in [2.75, 3.05) is 6.54 Å². The lowest BCUT2D eigenvalue weighted by Gasteiger charge is -2.32. The Hall–Kier alpha value is -0.280. The summed E-state index contributed by atoms with van der Waals surface area (Å²) in [7, 11) is 0. The van der Waals surface area contributed by atoms with Crippen LogP contribution in [0, 0.1) is 11.8 Å². The van der Waals surface area contributed by atoms with Crippen molar-refractivity contribution in [1.29, 1.82) is 0 Å². The smallest absolute Gasteiger partial charge is 0.237 e. The first-order valence-electron chi connectivity index (χ1n) is 7.70. The third kappa shape index (κ3) is 4.96. The number of hydrogen-bond acceptors (Lipinski definition) is 2. The Bertz CT molecular complexity index is 269. The summed E-state index contributed by atoms with van der Waals surface area (Å²) < 4.78 is 0. The lowest BCUT2D eigenvalue weighted by molar-refractivity contribution is -0.124. The van der Waals surface area contributed by atoms with E-state index in [4.69, 9.17) is 0 Å². The molecule has 1 saturated heterocycles. The lowest BCUT2D eigenvalue weighted by Crippen LogP contribution is -2.50. The molecule has 4 heteroatoms. The van der Waals surface area contributed by atoms with Gasteiger partial charge in [0.25, 0.3) is 0 Å². The molecular weight excluding hydrogens is 260 g/mol. The van der Waals surface area contributed by atoms with E-state index in [-0.39, 0.29) is 24.4 Å². The summed E-state index contributed by atoms with van der Waals surface area (Å²) >= 11 is 0. The van der Waals surface area contributed by atoms with E-state index >= 15 is 0 Å². The maximum Gasteiger partial charge on any atom is 0.237 e. The van der Waals surface area contributed by atoms with E-state index in [1.807, 2.05) is 0 Å². The second-order valence-corrected chi connectivity index (χ2v) is 6.37. The molecule has 1 atom stereocenters. The van der Waals surface area contributed by atoms with Crippen molar-refractivity contribution in [2.24, 2.45) is 11.8 Å². The van der Waals surface area contributed by atoms with E-state index in [1.165, 1.54) is 38.5 Å². The van der Waals surface area contributed by atoms with Gasteiger partial charge in [-0.25, -0.2) is 0 Å². The highest BCUT2D eigenvalue weighted by Crippen LogP contribution is 2.29. The Morgan fingerprint density at radius 1 is 1.11 bits per heavy atom. The molecule has 112 valence electrons. The summed E-state index contributed by atoms with van der Waals surface area (Å²) in [5, 5.41) is 6.57. The van der Waals surface area contributed by atoms with Gasteiger partial charge in [-0.05, 0) is 56.9 Å². The lowest BCUT2D eigenvalue weighted by atomic mass is 9.79. The first kappa shape index (κ1) is 16.8. The van der Waals surface area contributed by atoms with E-state index in [0.717, 1.165) is 24.8 Å². The minimum Gasteiger partial charge on any atom is -0.352 e. The van der Waals surface area contributed by atoms with Gasteiger partial charge in [0.15, 0.2) is 0 Å². The molecule has 1 unspecified atom stereocenters. The first-order valence-corrected chi connectivity index (χ1v) is 7.70. The molecule has 0 bridgehead atoms. The van der Waals surface area contributed by atoms with Crippen molar-refractivity contribution < 1.29 is 4.79 Å². The molecule has 0 spiro atoms. The van der Waals surface area contributed by atoms with E-state index < -0.39 is 0 Å². The van der Waals surface area contributed by atoms with Crippen LogP contribution in [0.4, 0.5) is 0 Å². The number of rotatable bonds is 3. The molecule has 1 amide bonds. The average Bonchev–Trinajstić information content (AvgIpc) is 2.40. The number of carbonyl (C=O) groups excluding carboxylic acids is 1. The molecule has 1 aliphatic heterocycles. The summed E-state index contributed by atoms with van der Waals surface area (Å²) in [5.74, 6) is 1.90. The molecule has 1 heterocycles. The maximum absolute atomic E-state index is 12.1. The average molecular weight is 289 g/mol. The minimum absolute atomic E-state index is 0. The topological polar surface area (TPSA) is 41.1 Å². The Morgan fingerprint density at radius 3 is 2.32 bits per heavy atom. The van der Waals surface area contributed by atoms with E-state index in [2.05, 4.69) is 24.5 Å². The predicted molar refractivity (Wildman–Crippen MR) is 81.6 cm³/mol. The highest BCUT2D eigenvalue weighted by atomic mass is 35.5. The van der Waals surface area contributed by atoms with Crippen molar-refractivity contribution in [1.82, 2.24) is 10.6 Å². The standard InChI is InChI=1S/C15H28N2O.ClH/c1-11(2)12-6-8-13(9-7-12)17-15(18)14-5-3-4-10-16-14;/h11-14,16H,3-10H2,1-2H3,(H,17,18);1H. The Morgan fingerprint density at radius 2 is 1.79 bits per heavy atom. The van der Waals surface area contributed by atoms with E-state index in [0.29, 0.717) is 6.04 Å². The van der Waals surface area contributed by atoms with Crippen LogP contribution in [0.25, 0.3) is 0 Å². The van der Waals surface area contributed by atoms with Gasteiger partial charge in [0.05, 0.1) is 6.04 Å². The monoisotopic (exact) mass is 288 g/mol. The molecule has 0 aromatic carbocycles. The van der Waals surface area contributed by atoms with Crippen molar-refractivity contribution in [3.8, 4) is 0 Å². The number of piperidine rings is 1. The molecule has 0 aromatic heterocycles. The van der Waals surface area contributed by atoms with Crippen molar-refractivity contribution in [3.63, 3.8) is 0 Å². The van der Waals surface area contributed by atoms with Gasteiger partial charge >= 0.3 is 0 Å². The number of halogens is 1. The van der Waals surface area contributed by atoms with Crippen LogP contribution < -0.4 is 10.6 Å². The SMILES string of the molecule is CC(C)C1CCC(NC(=O)C2CCCCN2)CC1.Cl. The molecule has 2 aliphatic rings. The van der Waals surface area contributed by atoms with Crippen molar-refractivity contribution in [3.05, 3.63) is 0 Å². The second kappa shape index (κ2) is 8.11. The van der Waals surface area contributed by atoms with Crippen LogP contribution in [0.2, 0.25) is 0 Å². The van der Waals surface area contributed by atoms with E-state index in [1.54, 1.807) is 0 Å². The fourth-order valence-electron chi connectivity index (χ4n) is 3.31. The van der Waals surface area contributed by atoms with Gasteiger partial charge in [-0.2, -0.15) is 0 Å². The predicted octanol–water partition coefficient (Wildman–Crippen LogP) is 2.88. The zero-order valence-electron chi connectivity index (χ0n) is 12.3. The van der Waals surface area contributed by atoms with Crippen LogP contribution in [0.1, 0.15) is 58.8 Å². The Labute approximate surface area is 123 Å². The van der Waals surface area contributed by atoms with Gasteiger partial charge in [-0.15, -0.1) is 12.4 Å². The van der Waals surface area contributed by atoms with Crippen molar-refractivity contribution in [2.45, 2.75) is 70.9 Å². The summed E-state index contributed by atoms with van der Waals surface area (Å²) in [4.78, 5) is 12.1. The Kier molecular flexibility index (Phi) is 7.16. The van der Waals surface area contributed by atoms with Gasteiger partial charge in [0.2, 0.25) is 5.91 Å². The summed E-state index contributed by atoms with van der Waals surface area (Å²) in [6.07, 6.45) is 8.30. The summed E-state index contributed by atoms with van der Waals surface area (Å²) in [5.41, 5.74) is 0. The molecular formula is C15H29ClN2O. The van der Waals surface area contributed by atoms with Crippen LogP contribution in [0.3, 0.4) is 0 Å². The van der Waals surface area contributed by atoms with Crippen molar-refractivity contribution >= 4 is 18.3 Å². The highest BCUT2D eigenvalue weighted by molar-refractivity contribution is 5.85. The molecule has 2 fully saturated rings. The van der Waals surface area contributed by atoms with Gasteiger partial charge in [0.1, 0.15) is 0 Å². The van der Waals surface area contributed by atoms with E-state index in [9.17, 15) is 4.79 Å². The van der Waals surface area contributed by atoms with Gasteiger partial charge in [0, 0.05) is 6.04 Å². The minimum atomic E-state index is 0. The summed E-state index contributed by atoms with van der Waals surface area (Å²) in [6.45, 7) is 5.63. The van der Waals surface area contributed by atoms with Crippen LogP contribution in [-0.4, -0.2) is 24.5 Å². The zero-order valence-corrected chi connectivity index (χ0v) is 13.1. The molecule has 1 aliphatic carbocycles. The molecule has 1 saturated carbocycles. The highest BCUT2D eigenvalue weighted by Gasteiger charge is 2.27. The van der Waals surface area contributed by atoms with Gasteiger partial charge < -0.3 is 10.6 Å². The largest absolute Gasteiger partial charge is 0.352 e. The quantitative estimate of drug-likeness (QED) is 0.838. The second-order valence-electron chi connectivity index (χ2n) is 6.37. The van der Waals surface area contributed by atoms with Crippen LogP contribution in [0.15, 0.2) is 0 Å².